The standard InChI is InChI=1S/C10H11BrN4OS/c11-7-3-5-17-9(7)10(16)12-4-1-2-8-13-6-14-15-8/h3,5-6H,1-2,4H2,(H,12,16)(H,13,14,15). The summed E-state index contributed by atoms with van der Waals surface area (Å²) in [6.45, 7) is 0.629. The Morgan fingerprint density at radius 1 is 1.59 bits per heavy atom. The molecule has 2 heterocycles. The first-order valence-corrected chi connectivity index (χ1v) is 6.80. The van der Waals surface area contributed by atoms with E-state index < -0.39 is 0 Å². The topological polar surface area (TPSA) is 70.7 Å². The molecule has 17 heavy (non-hydrogen) atoms. The molecule has 0 fully saturated rings. The number of carbonyl (C=O) groups excluding carboxylic acids is 1. The summed E-state index contributed by atoms with van der Waals surface area (Å²) in [4.78, 5) is 16.4. The first kappa shape index (κ1) is 12.3. The first-order valence-electron chi connectivity index (χ1n) is 5.13. The number of H-pyrrole nitrogens is 1. The highest BCUT2D eigenvalue weighted by Gasteiger charge is 2.10. The minimum atomic E-state index is -0.0376. The van der Waals surface area contributed by atoms with Gasteiger partial charge in [0.25, 0.3) is 5.91 Å². The average molecular weight is 315 g/mol. The van der Waals surface area contributed by atoms with Crippen LogP contribution in [0.4, 0.5) is 0 Å². The van der Waals surface area contributed by atoms with Gasteiger partial charge in [-0.1, -0.05) is 0 Å². The number of hydrogen-bond donors (Lipinski definition) is 2. The zero-order valence-corrected chi connectivity index (χ0v) is 11.3. The smallest absolute Gasteiger partial charge is 0.262 e. The van der Waals surface area contributed by atoms with Crippen molar-refractivity contribution in [3.63, 3.8) is 0 Å². The van der Waals surface area contributed by atoms with Gasteiger partial charge in [-0.25, -0.2) is 4.98 Å². The Kier molecular flexibility index (Phi) is 4.27. The third-order valence-electron chi connectivity index (χ3n) is 2.16. The highest BCUT2D eigenvalue weighted by Crippen LogP contribution is 2.22. The van der Waals surface area contributed by atoms with E-state index in [4.69, 9.17) is 0 Å². The van der Waals surface area contributed by atoms with Gasteiger partial charge in [-0.15, -0.1) is 11.3 Å². The van der Waals surface area contributed by atoms with Crippen LogP contribution in [0.2, 0.25) is 0 Å². The molecule has 2 aromatic heterocycles. The Morgan fingerprint density at radius 3 is 3.12 bits per heavy atom. The molecular formula is C10H11BrN4OS. The Labute approximate surface area is 111 Å². The van der Waals surface area contributed by atoms with Gasteiger partial charge >= 0.3 is 0 Å². The maximum absolute atomic E-state index is 11.7. The molecule has 7 heteroatoms. The number of thiophene rings is 1. The molecule has 0 atom stereocenters. The Balaban J connectivity index is 1.72. The number of nitrogens with zero attached hydrogens (tertiary/aromatic N) is 2. The molecule has 0 radical (unpaired) electrons. The summed E-state index contributed by atoms with van der Waals surface area (Å²) < 4.78 is 0.843. The molecule has 0 aliphatic rings. The molecule has 0 saturated heterocycles. The molecule has 0 aliphatic carbocycles. The van der Waals surface area contributed by atoms with Crippen LogP contribution in [-0.4, -0.2) is 27.6 Å². The van der Waals surface area contributed by atoms with Gasteiger partial charge in [0.05, 0.1) is 0 Å². The SMILES string of the molecule is O=C(NCCCc1ncn[nH]1)c1sccc1Br. The first-order chi connectivity index (χ1) is 8.27. The zero-order chi connectivity index (χ0) is 12.1. The Bertz CT molecular complexity index is 482. The number of rotatable bonds is 5. The molecular weight excluding hydrogens is 304 g/mol. The van der Waals surface area contributed by atoms with Gasteiger partial charge in [-0.3, -0.25) is 9.89 Å². The normalized spacial score (nSPS) is 10.4. The van der Waals surface area contributed by atoms with Crippen molar-refractivity contribution in [1.82, 2.24) is 20.5 Å². The number of halogens is 1. The van der Waals surface area contributed by atoms with E-state index in [-0.39, 0.29) is 5.91 Å². The zero-order valence-electron chi connectivity index (χ0n) is 8.94. The minimum absolute atomic E-state index is 0.0376. The summed E-state index contributed by atoms with van der Waals surface area (Å²) in [5.74, 6) is 0.806. The maximum atomic E-state index is 11.7. The van der Waals surface area contributed by atoms with Gasteiger partial charge in [0, 0.05) is 17.4 Å². The van der Waals surface area contributed by atoms with Crippen LogP contribution >= 0.6 is 27.3 Å². The number of hydrogen-bond acceptors (Lipinski definition) is 4. The highest BCUT2D eigenvalue weighted by atomic mass is 79.9. The number of aryl methyl sites for hydroxylation is 1. The number of aromatic amines is 1. The second-order valence-corrected chi connectivity index (χ2v) is 5.16. The quantitative estimate of drug-likeness (QED) is 0.829. The van der Waals surface area contributed by atoms with Crippen LogP contribution in [-0.2, 0) is 6.42 Å². The van der Waals surface area contributed by atoms with Crippen molar-refractivity contribution < 1.29 is 4.79 Å². The van der Waals surface area contributed by atoms with E-state index in [1.54, 1.807) is 0 Å². The summed E-state index contributed by atoms with van der Waals surface area (Å²) in [6.07, 6.45) is 3.10. The molecule has 2 aromatic rings. The van der Waals surface area contributed by atoms with Crippen molar-refractivity contribution >= 4 is 33.2 Å². The predicted octanol–water partition coefficient (Wildman–Crippen LogP) is 1.99. The average Bonchev–Trinajstić information content (AvgIpc) is 2.95. The number of aromatic nitrogens is 3. The van der Waals surface area contributed by atoms with E-state index in [9.17, 15) is 4.79 Å². The number of nitrogens with one attached hydrogen (secondary N) is 2. The van der Waals surface area contributed by atoms with Crippen LogP contribution in [0.15, 0.2) is 22.2 Å². The monoisotopic (exact) mass is 314 g/mol. The third-order valence-corrected chi connectivity index (χ3v) is 4.00. The lowest BCUT2D eigenvalue weighted by atomic mass is 10.3. The van der Waals surface area contributed by atoms with Gasteiger partial charge in [-0.05, 0) is 33.8 Å². The molecule has 0 bridgehead atoms. The molecule has 0 aliphatic heterocycles. The van der Waals surface area contributed by atoms with Crippen LogP contribution in [0.25, 0.3) is 0 Å². The molecule has 0 aromatic carbocycles. The Hall–Kier alpha value is -1.21. The van der Waals surface area contributed by atoms with Crippen molar-refractivity contribution in [3.05, 3.63) is 32.9 Å². The second-order valence-electron chi connectivity index (χ2n) is 3.39. The molecule has 0 spiro atoms. The minimum Gasteiger partial charge on any atom is -0.351 e. The highest BCUT2D eigenvalue weighted by molar-refractivity contribution is 9.10. The van der Waals surface area contributed by atoms with Gasteiger partial charge < -0.3 is 5.32 Å². The molecule has 2 N–H and O–H groups in total. The Morgan fingerprint density at radius 2 is 2.47 bits per heavy atom. The van der Waals surface area contributed by atoms with Gasteiger partial charge in [0.1, 0.15) is 17.0 Å². The van der Waals surface area contributed by atoms with Crippen molar-refractivity contribution in [2.75, 3.05) is 6.54 Å². The van der Waals surface area contributed by atoms with Crippen LogP contribution in [0.5, 0.6) is 0 Å². The molecule has 2 rings (SSSR count). The van der Waals surface area contributed by atoms with E-state index in [2.05, 4.69) is 36.4 Å². The summed E-state index contributed by atoms with van der Waals surface area (Å²) in [5, 5.41) is 11.3. The lowest BCUT2D eigenvalue weighted by Crippen LogP contribution is -2.24. The van der Waals surface area contributed by atoms with E-state index in [0.717, 1.165) is 23.1 Å². The number of carbonyl (C=O) groups is 1. The van der Waals surface area contributed by atoms with Crippen LogP contribution in [0.1, 0.15) is 21.9 Å². The van der Waals surface area contributed by atoms with Crippen molar-refractivity contribution in [3.8, 4) is 0 Å². The van der Waals surface area contributed by atoms with Crippen LogP contribution in [0.3, 0.4) is 0 Å². The lowest BCUT2D eigenvalue weighted by molar-refractivity contribution is 0.0956. The van der Waals surface area contributed by atoms with E-state index in [1.807, 2.05) is 11.4 Å². The summed E-state index contributed by atoms with van der Waals surface area (Å²) in [5.41, 5.74) is 0. The molecule has 90 valence electrons. The van der Waals surface area contributed by atoms with Crippen LogP contribution < -0.4 is 5.32 Å². The molecule has 0 unspecified atom stereocenters. The summed E-state index contributed by atoms with van der Waals surface area (Å²) in [6, 6.07) is 1.87. The molecule has 5 nitrogen and oxygen atoms in total. The fourth-order valence-electron chi connectivity index (χ4n) is 1.35. The molecule has 1 amide bonds. The third kappa shape index (κ3) is 3.37. The molecule has 0 saturated carbocycles. The van der Waals surface area contributed by atoms with Crippen molar-refractivity contribution in [2.45, 2.75) is 12.8 Å². The largest absolute Gasteiger partial charge is 0.351 e. The van der Waals surface area contributed by atoms with Crippen molar-refractivity contribution in [2.24, 2.45) is 0 Å². The van der Waals surface area contributed by atoms with E-state index in [1.165, 1.54) is 17.7 Å². The maximum Gasteiger partial charge on any atom is 0.262 e. The van der Waals surface area contributed by atoms with Crippen LogP contribution in [0, 0.1) is 0 Å². The number of amides is 1. The fourth-order valence-corrected chi connectivity index (χ4v) is 2.81. The van der Waals surface area contributed by atoms with Crippen molar-refractivity contribution in [1.29, 1.82) is 0 Å². The fraction of sp³-hybridized carbons (Fsp3) is 0.300. The predicted molar refractivity (Wildman–Crippen MR) is 69.1 cm³/mol. The lowest BCUT2D eigenvalue weighted by Gasteiger charge is -2.02. The van der Waals surface area contributed by atoms with Gasteiger partial charge in [0.15, 0.2) is 0 Å². The second kappa shape index (κ2) is 5.92. The van der Waals surface area contributed by atoms with E-state index >= 15 is 0 Å². The van der Waals surface area contributed by atoms with Gasteiger partial charge in [0.2, 0.25) is 0 Å². The summed E-state index contributed by atoms with van der Waals surface area (Å²) in [7, 11) is 0. The van der Waals surface area contributed by atoms with E-state index in [0.29, 0.717) is 11.4 Å². The summed E-state index contributed by atoms with van der Waals surface area (Å²) >= 11 is 4.76. The van der Waals surface area contributed by atoms with Gasteiger partial charge in [-0.2, -0.15) is 5.10 Å².